The van der Waals surface area contributed by atoms with Crippen LogP contribution < -0.4 is 21.3 Å². The van der Waals surface area contributed by atoms with Crippen molar-refractivity contribution < 1.29 is 142 Å². The fourth-order valence-corrected chi connectivity index (χ4v) is 10.3. The molecule has 0 aromatic carbocycles. The molecule has 96 heavy (non-hydrogen) atoms. The molecule has 0 saturated carbocycles. The number of rotatable bonds is 54. The summed E-state index contributed by atoms with van der Waals surface area (Å²) in [6.45, 7) is 1.28. The van der Waals surface area contributed by atoms with Crippen molar-refractivity contribution >= 4 is 46.8 Å². The number of nitrogens with one attached hydrogen (secondary N) is 4. The Morgan fingerprint density at radius 1 is 0.354 bits per heavy atom. The zero-order valence-corrected chi connectivity index (χ0v) is 55.5. The number of aliphatic hydroxyl groups is 12. The minimum atomic E-state index is -1.59. The van der Waals surface area contributed by atoms with Gasteiger partial charge in [-0.1, -0.05) is 13.8 Å². The van der Waals surface area contributed by atoms with Crippen LogP contribution in [0.15, 0.2) is 0 Å². The molecule has 4 amide bonds. The second kappa shape index (κ2) is 48.5. The highest BCUT2D eigenvalue weighted by atomic mass is 16.7. The number of unbranched alkanes of at least 4 members (excludes halogenated alkanes) is 3. The van der Waals surface area contributed by atoms with Crippen LogP contribution in [0, 0.1) is 5.92 Å². The first-order valence-corrected chi connectivity index (χ1v) is 33.6. The van der Waals surface area contributed by atoms with Gasteiger partial charge in [-0.2, -0.15) is 0 Å². The van der Waals surface area contributed by atoms with Crippen LogP contribution in [0.1, 0.15) is 149 Å². The SMILES string of the molecule is CC(C)C(=O)CCCC(=O)NC(COCCC(=O)NCCCCC(=O)CCCO[C@@H]1OC(CO)[C@@H](O)[C@H](O)C1O)(COCCC(=O)NCCCCC(=O)CCCO[C@@H]1OC(CO)[C@@H](O)[C@H](O)C1O)COCCC(=O)NCCCCC(=O)CCCO[C@@H]1OC(CO)[C@@H](O)[C@H](O)C1O. The Bertz CT molecular complexity index is 2040. The van der Waals surface area contributed by atoms with E-state index >= 15 is 0 Å². The van der Waals surface area contributed by atoms with Crippen LogP contribution in [0.5, 0.6) is 0 Å². The van der Waals surface area contributed by atoms with Crippen LogP contribution in [-0.2, 0) is 81.0 Å². The van der Waals surface area contributed by atoms with E-state index < -0.39 is 123 Å². The lowest BCUT2D eigenvalue weighted by Gasteiger charge is -2.39. The minimum Gasteiger partial charge on any atom is -0.394 e. The van der Waals surface area contributed by atoms with Crippen molar-refractivity contribution in [2.24, 2.45) is 5.92 Å². The lowest BCUT2D eigenvalue weighted by atomic mass is 9.99. The molecule has 33 heteroatoms. The number of ether oxygens (including phenoxy) is 9. The summed E-state index contributed by atoms with van der Waals surface area (Å²) in [6.07, 6.45) is -16.5. The molecule has 3 fully saturated rings. The molecule has 0 spiro atoms. The van der Waals surface area contributed by atoms with Crippen molar-refractivity contribution in [1.29, 1.82) is 0 Å². The average molecular weight is 1390 g/mol. The number of carbonyl (C=O) groups excluding carboxylic acids is 8. The van der Waals surface area contributed by atoms with Crippen molar-refractivity contribution in [2.45, 2.75) is 246 Å². The molecule has 33 nitrogen and oxygen atoms in total. The summed E-state index contributed by atoms with van der Waals surface area (Å²) in [7, 11) is 0. The van der Waals surface area contributed by atoms with Crippen LogP contribution in [0.25, 0.3) is 0 Å². The Morgan fingerprint density at radius 2 is 0.656 bits per heavy atom. The number of hydrogen-bond donors (Lipinski definition) is 16. The Morgan fingerprint density at radius 3 is 0.948 bits per heavy atom. The number of amides is 4. The Labute approximate surface area is 559 Å². The van der Waals surface area contributed by atoms with E-state index in [0.717, 1.165) is 0 Å². The average Bonchev–Trinajstić information content (AvgIpc) is 0.859. The first-order chi connectivity index (χ1) is 45.9. The summed E-state index contributed by atoms with van der Waals surface area (Å²) in [6, 6.07) is 0. The molecular formula is C63H110N4O29. The molecule has 0 radical (unpaired) electrons. The molecule has 3 saturated heterocycles. The van der Waals surface area contributed by atoms with Gasteiger partial charge < -0.3 is 125 Å². The minimum absolute atomic E-state index is 0.000616. The van der Waals surface area contributed by atoms with Gasteiger partial charge in [-0.05, 0) is 64.2 Å². The van der Waals surface area contributed by atoms with Crippen LogP contribution in [-0.4, -0.2) is 305 Å². The van der Waals surface area contributed by atoms with Crippen LogP contribution in [0.2, 0.25) is 0 Å². The van der Waals surface area contributed by atoms with Crippen LogP contribution in [0.4, 0.5) is 0 Å². The summed E-state index contributed by atoms with van der Waals surface area (Å²) in [5.41, 5.74) is -1.45. The normalized spacial score (nSPS) is 26.6. The van der Waals surface area contributed by atoms with Crippen molar-refractivity contribution in [3.8, 4) is 0 Å². The predicted octanol–water partition coefficient (Wildman–Crippen LogP) is -4.19. The molecule has 0 aromatic heterocycles. The van der Waals surface area contributed by atoms with Gasteiger partial charge in [-0.15, -0.1) is 0 Å². The maximum absolute atomic E-state index is 13.6. The Balaban J connectivity index is 1.50. The number of aliphatic hydroxyl groups excluding tert-OH is 12. The third kappa shape index (κ3) is 33.3. The summed E-state index contributed by atoms with van der Waals surface area (Å²) >= 11 is 0. The topological polar surface area (TPSA) is 511 Å². The van der Waals surface area contributed by atoms with Gasteiger partial charge in [0, 0.05) is 96.2 Å². The molecule has 556 valence electrons. The summed E-state index contributed by atoms with van der Waals surface area (Å²) < 4.78 is 50.2. The zero-order chi connectivity index (χ0) is 71.0. The maximum atomic E-state index is 13.6. The molecule has 3 aliphatic heterocycles. The molecule has 0 bridgehead atoms. The number of carbonyl (C=O) groups is 8. The van der Waals surface area contributed by atoms with Crippen LogP contribution >= 0.6 is 0 Å². The van der Waals surface area contributed by atoms with Crippen LogP contribution in [0.3, 0.4) is 0 Å². The van der Waals surface area contributed by atoms with E-state index in [1.807, 2.05) is 0 Å². The van der Waals surface area contributed by atoms with Crippen molar-refractivity contribution in [1.82, 2.24) is 21.3 Å². The highest BCUT2D eigenvalue weighted by Gasteiger charge is 2.46. The fourth-order valence-electron chi connectivity index (χ4n) is 10.3. The molecule has 3 heterocycles. The highest BCUT2D eigenvalue weighted by molar-refractivity contribution is 5.82. The predicted molar refractivity (Wildman–Crippen MR) is 333 cm³/mol. The molecule has 6 unspecified atom stereocenters. The largest absolute Gasteiger partial charge is 0.394 e. The number of hydrogen-bond acceptors (Lipinski definition) is 29. The third-order valence-electron chi connectivity index (χ3n) is 16.2. The van der Waals surface area contributed by atoms with Gasteiger partial charge in [0.05, 0.1) is 79.3 Å². The maximum Gasteiger partial charge on any atom is 0.222 e. The van der Waals surface area contributed by atoms with E-state index in [0.29, 0.717) is 38.5 Å². The van der Waals surface area contributed by atoms with Gasteiger partial charge in [-0.3, -0.25) is 38.4 Å². The quantitative estimate of drug-likeness (QED) is 0.0257. The summed E-state index contributed by atoms with van der Waals surface area (Å²) in [5.74, 6) is -2.05. The summed E-state index contributed by atoms with van der Waals surface area (Å²) in [5, 5.41) is 130. The molecule has 3 rings (SSSR count). The Hall–Kier alpha value is -4.28. The van der Waals surface area contributed by atoms with Gasteiger partial charge in [-0.25, -0.2) is 0 Å². The lowest BCUT2D eigenvalue weighted by molar-refractivity contribution is -0.301. The standard InChI is InChI=1S/C63H110N4O29/c1-39(2)43(74)19-9-20-50(78)67-63(36-88-30-21-47(75)64-24-6-3-13-40(71)16-10-27-91-60-57(85)54(82)51(79)44(33-68)94-60,37-89-31-22-48(76)65-25-7-4-14-41(72)17-11-28-92-61-58(86)55(83)52(80)45(34-69)95-61)38-90-32-23-49(77)66-26-8-5-15-42(73)18-12-29-93-62-59(87)56(84)53(81)46(35-70)96-62/h39,44-46,51-62,68-70,79-87H,3-38H2,1-2H3,(H,64,75)(H,65,76)(H,66,77)(H,67,78)/t44?,45?,46?,51-,52-,53-,54+,55+,56+,57?,58?,59?,60-,61-,62-,63?/m1/s1. The first-order valence-electron chi connectivity index (χ1n) is 33.6. The second-order valence-electron chi connectivity index (χ2n) is 24.8. The van der Waals surface area contributed by atoms with Gasteiger partial charge >= 0.3 is 0 Å². The number of Topliss-reactive ketones (excluding diaryl/α,β-unsaturated/α-hetero) is 4. The van der Waals surface area contributed by atoms with E-state index in [-0.39, 0.29) is 222 Å². The number of ketones is 4. The third-order valence-corrected chi connectivity index (χ3v) is 16.2. The van der Waals surface area contributed by atoms with E-state index in [1.54, 1.807) is 13.8 Å². The highest BCUT2D eigenvalue weighted by Crippen LogP contribution is 2.25. The molecule has 0 aliphatic carbocycles. The van der Waals surface area contributed by atoms with Crippen molar-refractivity contribution in [2.75, 3.05) is 98.9 Å². The monoisotopic (exact) mass is 1390 g/mol. The smallest absolute Gasteiger partial charge is 0.222 e. The van der Waals surface area contributed by atoms with E-state index in [2.05, 4.69) is 21.3 Å². The molecule has 3 aliphatic rings. The van der Waals surface area contributed by atoms with Gasteiger partial charge in [0.2, 0.25) is 23.6 Å². The van der Waals surface area contributed by atoms with Crippen molar-refractivity contribution in [3.63, 3.8) is 0 Å². The van der Waals surface area contributed by atoms with Gasteiger partial charge in [0.15, 0.2) is 18.9 Å². The molecular weight excluding hydrogens is 1280 g/mol. The Kier molecular flexibility index (Phi) is 43.4. The molecule has 16 N–H and O–H groups in total. The van der Waals surface area contributed by atoms with Crippen molar-refractivity contribution in [3.05, 3.63) is 0 Å². The summed E-state index contributed by atoms with van der Waals surface area (Å²) in [4.78, 5) is 102. The first kappa shape index (κ1) is 85.9. The lowest BCUT2D eigenvalue weighted by Crippen LogP contribution is -2.59. The van der Waals surface area contributed by atoms with Gasteiger partial charge in [0.25, 0.3) is 0 Å². The second-order valence-corrected chi connectivity index (χ2v) is 24.8. The zero-order valence-electron chi connectivity index (χ0n) is 55.5. The van der Waals surface area contributed by atoms with Gasteiger partial charge in [0.1, 0.15) is 102 Å². The van der Waals surface area contributed by atoms with E-state index in [1.165, 1.54) is 0 Å². The molecule has 15 atom stereocenters. The van der Waals surface area contributed by atoms with E-state index in [4.69, 9.17) is 42.6 Å². The van der Waals surface area contributed by atoms with E-state index in [9.17, 15) is 99.6 Å². The molecule has 0 aromatic rings. The fraction of sp³-hybridized carbons (Fsp3) is 0.873.